The summed E-state index contributed by atoms with van der Waals surface area (Å²) in [5, 5.41) is 5.31. The minimum absolute atomic E-state index is 0.0125. The normalized spacial score (nSPS) is 19.9. The summed E-state index contributed by atoms with van der Waals surface area (Å²) in [4.78, 5) is 72.5. The number of aryl methyl sites for hydroxylation is 1. The molecule has 0 radical (unpaired) electrons. The van der Waals surface area contributed by atoms with Gasteiger partial charge in [0.2, 0.25) is 5.91 Å². The molecule has 1 saturated carbocycles. The molecule has 1 aromatic heterocycles. The van der Waals surface area contributed by atoms with Crippen LogP contribution in [0.3, 0.4) is 0 Å². The molecule has 0 spiro atoms. The summed E-state index contributed by atoms with van der Waals surface area (Å²) >= 11 is 0. The van der Waals surface area contributed by atoms with Gasteiger partial charge in [-0.15, -0.1) is 0 Å². The number of nitrogens with two attached hydrogens (primary N) is 1. The molecule has 0 bridgehead atoms. The number of amides is 2. The fraction of sp³-hybridized carbons (Fsp3) is 0.489. The number of anilines is 2. The van der Waals surface area contributed by atoms with Gasteiger partial charge in [-0.05, 0) is 97.4 Å². The third kappa shape index (κ3) is 8.41. The number of nitrogens with zero attached hydrogens (tertiary/aromatic N) is 7. The van der Waals surface area contributed by atoms with Crippen molar-refractivity contribution in [2.45, 2.75) is 103 Å². The molecule has 318 valence electrons. The molecule has 1 aliphatic carbocycles. The number of alkyl halides is 2. The minimum atomic E-state index is -2.73. The summed E-state index contributed by atoms with van der Waals surface area (Å²) in [6.07, 6.45) is 8.49. The predicted octanol–water partition coefficient (Wildman–Crippen LogP) is 5.99. The zero-order valence-electron chi connectivity index (χ0n) is 34.6. The molecule has 1 atom stereocenters. The third-order valence-corrected chi connectivity index (χ3v) is 12.9. The molecule has 1 unspecified atom stereocenters. The number of aldehydes is 3. The monoisotopic (exact) mass is 824 g/mol. The lowest BCUT2D eigenvalue weighted by Crippen LogP contribution is -2.38. The van der Waals surface area contributed by atoms with Gasteiger partial charge in [-0.25, -0.2) is 8.78 Å². The van der Waals surface area contributed by atoms with Crippen molar-refractivity contribution in [3.8, 4) is 0 Å². The molecule has 0 saturated heterocycles. The van der Waals surface area contributed by atoms with Gasteiger partial charge in [0.05, 0.1) is 24.2 Å². The Balaban J connectivity index is 1.08. The van der Waals surface area contributed by atoms with Crippen molar-refractivity contribution < 1.29 is 32.8 Å². The number of aliphatic imine (C=N–C) groups is 1. The van der Waals surface area contributed by atoms with E-state index in [0.717, 1.165) is 85.1 Å². The maximum absolute atomic E-state index is 14.7. The van der Waals surface area contributed by atoms with Crippen molar-refractivity contribution in [3.05, 3.63) is 80.7 Å². The number of carbonyl (C=O) groups is 5. The summed E-state index contributed by atoms with van der Waals surface area (Å²) in [5.41, 5.74) is 12.8. The fourth-order valence-electron chi connectivity index (χ4n) is 9.68. The highest BCUT2D eigenvalue weighted by atomic mass is 19.3. The molecule has 60 heavy (non-hydrogen) atoms. The Morgan fingerprint density at radius 2 is 1.72 bits per heavy atom. The molecule has 7 rings (SSSR count). The van der Waals surface area contributed by atoms with Crippen LogP contribution in [0.1, 0.15) is 124 Å². The van der Waals surface area contributed by atoms with E-state index in [2.05, 4.69) is 19.5 Å². The highest BCUT2D eigenvalue weighted by Gasteiger charge is 2.36. The topological polar surface area (TPSA) is 155 Å². The van der Waals surface area contributed by atoms with Gasteiger partial charge in [-0.1, -0.05) is 0 Å². The van der Waals surface area contributed by atoms with Crippen LogP contribution >= 0.6 is 0 Å². The van der Waals surface area contributed by atoms with Gasteiger partial charge in [0, 0.05) is 113 Å². The van der Waals surface area contributed by atoms with Crippen LogP contribution in [0.25, 0.3) is 5.57 Å². The largest absolute Gasteiger partial charge is 0.404 e. The summed E-state index contributed by atoms with van der Waals surface area (Å²) in [6.45, 7) is 5.37. The second-order valence-electron chi connectivity index (χ2n) is 16.6. The smallest absolute Gasteiger partial charge is 0.264 e. The van der Waals surface area contributed by atoms with E-state index in [4.69, 9.17) is 10.8 Å². The van der Waals surface area contributed by atoms with Gasteiger partial charge in [-0.3, -0.25) is 29.0 Å². The number of benzene rings is 2. The first-order chi connectivity index (χ1) is 29.0. The van der Waals surface area contributed by atoms with E-state index in [1.54, 1.807) is 32.2 Å². The highest BCUT2D eigenvalue weighted by molar-refractivity contribution is 6.10. The van der Waals surface area contributed by atoms with Crippen LogP contribution in [-0.2, 0) is 46.9 Å². The van der Waals surface area contributed by atoms with Crippen LogP contribution in [0.5, 0.6) is 0 Å². The number of halogens is 2. The van der Waals surface area contributed by atoms with Crippen molar-refractivity contribution in [3.63, 3.8) is 0 Å². The molecule has 4 aliphatic rings. The molecule has 1 fully saturated rings. The average Bonchev–Trinajstić information content (AvgIpc) is 3.84. The summed E-state index contributed by atoms with van der Waals surface area (Å²) in [6, 6.07) is 6.36. The number of aromatic nitrogens is 2. The van der Waals surface area contributed by atoms with Gasteiger partial charge in [0.1, 0.15) is 12.6 Å². The fourth-order valence-corrected chi connectivity index (χ4v) is 9.68. The first kappa shape index (κ1) is 42.6. The Kier molecular flexibility index (Phi) is 13.0. The maximum atomic E-state index is 14.7. The molecule has 4 heterocycles. The average molecular weight is 825 g/mol. The SMILES string of the molecule is CN=C/C(=C\N)c1cc2c(cc1C(F)F)N(c1nn(C3CCC(CN4Cc5cc(C=O)c(C(=O)N(C)C(C=O)CCC=O)cc5C4)CC3)c3c1CN(C(C)=O)CC3)CCC2. The standard InChI is InChI=1S/C45H54F2N8O5/c1-28(59)53-14-12-41-40(25-53)44(54-13-4-6-30-17-37(34(20-48)21-49-2)39(43(46)47)19-42(30)54)50-55(41)35-10-8-29(9-11-35)22-52-23-31-16-33(26-57)38(18-32(31)24-52)45(60)51(3)36(27-58)7-5-15-56/h15-21,26-27,29,35-36,43H,4-14,22-25,48H2,1-3H3/b34-20+,49-21?. The van der Waals surface area contributed by atoms with E-state index in [0.29, 0.717) is 74.5 Å². The molecule has 3 aliphatic heterocycles. The van der Waals surface area contributed by atoms with E-state index in [1.165, 1.54) is 24.4 Å². The summed E-state index contributed by atoms with van der Waals surface area (Å²) in [7, 11) is 3.10. The number of likely N-dealkylation sites (N-methyl/N-ethyl adjacent to an activating group) is 1. The molecule has 2 amide bonds. The lowest BCUT2D eigenvalue weighted by atomic mass is 9.85. The number of hydrogen-bond donors (Lipinski definition) is 1. The third-order valence-electron chi connectivity index (χ3n) is 12.9. The predicted molar refractivity (Wildman–Crippen MR) is 225 cm³/mol. The second-order valence-corrected chi connectivity index (χ2v) is 16.6. The van der Waals surface area contributed by atoms with Gasteiger partial charge in [-0.2, -0.15) is 5.10 Å². The number of allylic oxidation sites excluding steroid dienone is 1. The molecule has 13 nitrogen and oxygen atoms in total. The molecule has 2 N–H and O–H groups in total. The highest BCUT2D eigenvalue weighted by Crippen LogP contribution is 2.44. The van der Waals surface area contributed by atoms with Crippen LogP contribution in [0.4, 0.5) is 20.3 Å². The van der Waals surface area contributed by atoms with Crippen LogP contribution < -0.4 is 10.6 Å². The van der Waals surface area contributed by atoms with Crippen LogP contribution in [0, 0.1) is 5.92 Å². The lowest BCUT2D eigenvalue weighted by Gasteiger charge is -2.33. The Morgan fingerprint density at radius 3 is 2.37 bits per heavy atom. The number of rotatable bonds is 14. The van der Waals surface area contributed by atoms with Gasteiger partial charge in [0.25, 0.3) is 12.3 Å². The van der Waals surface area contributed by atoms with Crippen LogP contribution in [0.15, 0.2) is 35.5 Å². The lowest BCUT2D eigenvalue weighted by molar-refractivity contribution is -0.129. The molecule has 15 heteroatoms. The van der Waals surface area contributed by atoms with Crippen molar-refractivity contribution in [1.29, 1.82) is 0 Å². The van der Waals surface area contributed by atoms with E-state index >= 15 is 0 Å². The zero-order valence-corrected chi connectivity index (χ0v) is 34.6. The maximum Gasteiger partial charge on any atom is 0.264 e. The van der Waals surface area contributed by atoms with Crippen molar-refractivity contribution in [2.75, 3.05) is 38.6 Å². The second kappa shape index (κ2) is 18.4. The van der Waals surface area contributed by atoms with Crippen molar-refractivity contribution in [2.24, 2.45) is 16.6 Å². The number of fused-ring (bicyclic) bond motifs is 3. The quantitative estimate of drug-likeness (QED) is 0.153. The minimum Gasteiger partial charge on any atom is -0.404 e. The number of carbonyl (C=O) groups excluding carboxylic acids is 5. The Hall–Kier alpha value is -5.57. The molecular formula is C45H54F2N8O5. The van der Waals surface area contributed by atoms with E-state index in [1.807, 2.05) is 11.0 Å². The van der Waals surface area contributed by atoms with E-state index in [-0.39, 0.29) is 41.5 Å². The summed E-state index contributed by atoms with van der Waals surface area (Å²) in [5.74, 6) is 0.722. The first-order valence-corrected chi connectivity index (χ1v) is 20.9. The Morgan fingerprint density at radius 1 is 0.983 bits per heavy atom. The molecular weight excluding hydrogens is 771 g/mol. The van der Waals surface area contributed by atoms with Crippen molar-refractivity contribution in [1.82, 2.24) is 24.5 Å². The van der Waals surface area contributed by atoms with E-state index in [9.17, 15) is 32.8 Å². The first-order valence-electron chi connectivity index (χ1n) is 20.9. The summed E-state index contributed by atoms with van der Waals surface area (Å²) < 4.78 is 31.5. The van der Waals surface area contributed by atoms with Gasteiger partial charge in [0.15, 0.2) is 12.1 Å². The van der Waals surface area contributed by atoms with Gasteiger partial charge >= 0.3 is 0 Å². The van der Waals surface area contributed by atoms with E-state index < -0.39 is 18.4 Å². The van der Waals surface area contributed by atoms with Crippen molar-refractivity contribution >= 4 is 54.0 Å². The molecule has 3 aromatic rings. The Bertz CT molecular complexity index is 2210. The Labute approximate surface area is 349 Å². The van der Waals surface area contributed by atoms with Gasteiger partial charge < -0.3 is 30.0 Å². The zero-order chi connectivity index (χ0) is 42.7. The number of hydrogen-bond acceptors (Lipinski definition) is 10. The van der Waals surface area contributed by atoms with Crippen LogP contribution in [-0.4, -0.2) is 101 Å². The van der Waals surface area contributed by atoms with Crippen LogP contribution in [0.2, 0.25) is 0 Å². The molecule has 2 aromatic carbocycles.